The molecule has 0 aliphatic carbocycles. The van der Waals surface area contributed by atoms with Crippen molar-refractivity contribution in [2.75, 3.05) is 12.4 Å². The zero-order chi connectivity index (χ0) is 22.3. The molecule has 0 saturated carbocycles. The van der Waals surface area contributed by atoms with Gasteiger partial charge < -0.3 is 20.4 Å². The highest BCUT2D eigenvalue weighted by Crippen LogP contribution is 2.29. The second-order valence-electron chi connectivity index (χ2n) is 6.61. The topological polar surface area (TPSA) is 78.7 Å². The maximum atomic E-state index is 12.8. The Morgan fingerprint density at radius 3 is 2.29 bits per heavy atom. The second-order valence-corrected chi connectivity index (χ2v) is 6.61. The lowest BCUT2D eigenvalue weighted by atomic mass is 10.1. The fourth-order valence-corrected chi connectivity index (χ4v) is 2.76. The van der Waals surface area contributed by atoms with Crippen LogP contribution in [0.25, 0.3) is 0 Å². The number of carbonyl (C=O) groups is 1. The molecule has 162 valence electrons. The number of furan rings is 1. The van der Waals surface area contributed by atoms with Gasteiger partial charge in [-0.25, -0.2) is 0 Å². The number of benzene rings is 2. The summed E-state index contributed by atoms with van der Waals surface area (Å²) >= 11 is 0. The van der Waals surface area contributed by atoms with E-state index in [4.69, 9.17) is 4.42 Å². The first-order valence-corrected chi connectivity index (χ1v) is 9.39. The van der Waals surface area contributed by atoms with E-state index in [9.17, 15) is 18.0 Å². The van der Waals surface area contributed by atoms with E-state index in [2.05, 4.69) is 20.9 Å². The molecule has 3 rings (SSSR count). The number of carbonyl (C=O) groups excluding carboxylic acids is 1. The molecule has 0 radical (unpaired) electrons. The highest BCUT2D eigenvalue weighted by Gasteiger charge is 2.30. The lowest BCUT2D eigenvalue weighted by Crippen LogP contribution is -2.36. The van der Waals surface area contributed by atoms with Gasteiger partial charge in [0, 0.05) is 25.8 Å². The van der Waals surface area contributed by atoms with Crippen LogP contribution in [0.2, 0.25) is 0 Å². The third kappa shape index (κ3) is 6.36. The van der Waals surface area contributed by atoms with Crippen molar-refractivity contribution in [2.24, 2.45) is 4.99 Å². The molecule has 0 atom stereocenters. The first kappa shape index (κ1) is 21.9. The molecular formula is C22H21F3N4O2. The van der Waals surface area contributed by atoms with Gasteiger partial charge in [-0.05, 0) is 47.5 Å². The van der Waals surface area contributed by atoms with Gasteiger partial charge in [-0.3, -0.25) is 9.79 Å². The molecule has 1 heterocycles. The molecule has 0 fully saturated rings. The Morgan fingerprint density at radius 1 is 0.968 bits per heavy atom. The van der Waals surface area contributed by atoms with E-state index >= 15 is 0 Å². The number of nitrogens with one attached hydrogen (secondary N) is 3. The van der Waals surface area contributed by atoms with Gasteiger partial charge in [0.2, 0.25) is 0 Å². The van der Waals surface area contributed by atoms with Gasteiger partial charge >= 0.3 is 6.18 Å². The number of anilines is 1. The maximum absolute atomic E-state index is 12.8. The monoisotopic (exact) mass is 430 g/mol. The zero-order valence-corrected chi connectivity index (χ0v) is 16.7. The molecular weight excluding hydrogens is 409 g/mol. The predicted molar refractivity (Wildman–Crippen MR) is 112 cm³/mol. The van der Waals surface area contributed by atoms with Gasteiger partial charge in [0.1, 0.15) is 0 Å². The Morgan fingerprint density at radius 2 is 1.68 bits per heavy atom. The molecule has 31 heavy (non-hydrogen) atoms. The molecule has 2 aromatic carbocycles. The molecule has 6 nitrogen and oxygen atoms in total. The molecule has 0 spiro atoms. The van der Waals surface area contributed by atoms with Crippen molar-refractivity contribution in [3.05, 3.63) is 89.4 Å². The minimum atomic E-state index is -4.38. The molecule has 0 aliphatic rings. The molecule has 1 amide bonds. The van der Waals surface area contributed by atoms with Crippen LogP contribution >= 0.6 is 0 Å². The fraction of sp³-hybridized carbons (Fsp3) is 0.182. The summed E-state index contributed by atoms with van der Waals surface area (Å²) in [6.45, 7) is 0.635. The first-order valence-electron chi connectivity index (χ1n) is 9.39. The van der Waals surface area contributed by atoms with Crippen molar-refractivity contribution in [1.82, 2.24) is 10.6 Å². The average Bonchev–Trinajstić information content (AvgIpc) is 3.30. The van der Waals surface area contributed by atoms with Gasteiger partial charge in [-0.15, -0.1) is 0 Å². The molecule has 0 bridgehead atoms. The normalized spacial score (nSPS) is 11.8. The minimum absolute atomic E-state index is 0.196. The van der Waals surface area contributed by atoms with Crippen LogP contribution in [0.5, 0.6) is 0 Å². The Labute approximate surface area is 177 Å². The number of amides is 1. The van der Waals surface area contributed by atoms with Crippen molar-refractivity contribution >= 4 is 17.6 Å². The van der Waals surface area contributed by atoms with Crippen LogP contribution in [0, 0.1) is 0 Å². The van der Waals surface area contributed by atoms with Crippen LogP contribution in [0.1, 0.15) is 27.2 Å². The third-order valence-electron chi connectivity index (χ3n) is 4.35. The van der Waals surface area contributed by atoms with Crippen LogP contribution in [0.4, 0.5) is 18.9 Å². The van der Waals surface area contributed by atoms with E-state index in [0.29, 0.717) is 23.8 Å². The van der Waals surface area contributed by atoms with E-state index in [1.54, 1.807) is 37.4 Å². The lowest BCUT2D eigenvalue weighted by Gasteiger charge is -2.13. The minimum Gasteiger partial charge on any atom is -0.459 e. The Balaban J connectivity index is 1.50. The van der Waals surface area contributed by atoms with Crippen LogP contribution in [-0.4, -0.2) is 18.9 Å². The summed E-state index contributed by atoms with van der Waals surface area (Å²) in [4.78, 5) is 16.1. The maximum Gasteiger partial charge on any atom is 0.416 e. The molecule has 1 aromatic heterocycles. The number of aliphatic imine (C=N–C) groups is 1. The number of hydrogen-bond donors (Lipinski definition) is 3. The number of alkyl halides is 3. The van der Waals surface area contributed by atoms with Crippen molar-refractivity contribution in [1.29, 1.82) is 0 Å². The molecule has 0 saturated heterocycles. The van der Waals surface area contributed by atoms with E-state index in [0.717, 1.165) is 17.7 Å². The predicted octanol–water partition coefficient (Wildman–Crippen LogP) is 4.42. The SMILES string of the molecule is CN=C(NCc1ccc(NC(=O)c2ccco2)cc1)NCc1cccc(C(F)(F)F)c1. The van der Waals surface area contributed by atoms with Gasteiger partial charge in [0.05, 0.1) is 11.8 Å². The lowest BCUT2D eigenvalue weighted by molar-refractivity contribution is -0.137. The van der Waals surface area contributed by atoms with Crippen molar-refractivity contribution in [3.63, 3.8) is 0 Å². The van der Waals surface area contributed by atoms with Crippen LogP contribution in [0.15, 0.2) is 76.3 Å². The summed E-state index contributed by atoms with van der Waals surface area (Å²) in [6.07, 6.45) is -2.95. The molecule has 0 unspecified atom stereocenters. The van der Waals surface area contributed by atoms with Crippen molar-refractivity contribution in [2.45, 2.75) is 19.3 Å². The largest absolute Gasteiger partial charge is 0.459 e. The van der Waals surface area contributed by atoms with Crippen molar-refractivity contribution < 1.29 is 22.4 Å². The summed E-state index contributed by atoms with van der Waals surface area (Å²) in [5.41, 5.74) is 1.36. The van der Waals surface area contributed by atoms with Crippen molar-refractivity contribution in [3.8, 4) is 0 Å². The number of halogens is 3. The molecule has 9 heteroatoms. The summed E-state index contributed by atoms with van der Waals surface area (Å²) < 4.78 is 43.5. The van der Waals surface area contributed by atoms with Crippen LogP contribution in [0.3, 0.4) is 0 Å². The third-order valence-corrected chi connectivity index (χ3v) is 4.35. The second kappa shape index (κ2) is 9.84. The Bertz CT molecular complexity index is 1030. The number of rotatable bonds is 6. The van der Waals surface area contributed by atoms with Gasteiger partial charge in [0.15, 0.2) is 11.7 Å². The quantitative estimate of drug-likeness (QED) is 0.400. The highest BCUT2D eigenvalue weighted by atomic mass is 19.4. The summed E-state index contributed by atoms with van der Waals surface area (Å²) in [5, 5.41) is 8.82. The number of hydrogen-bond acceptors (Lipinski definition) is 3. The van der Waals surface area contributed by atoms with Gasteiger partial charge in [0.25, 0.3) is 5.91 Å². The summed E-state index contributed by atoms with van der Waals surface area (Å²) in [6, 6.07) is 15.5. The molecule has 0 aliphatic heterocycles. The first-order chi connectivity index (χ1) is 14.8. The summed E-state index contributed by atoms with van der Waals surface area (Å²) in [5.74, 6) is 0.337. The number of guanidine groups is 1. The fourth-order valence-electron chi connectivity index (χ4n) is 2.76. The average molecular weight is 430 g/mol. The number of nitrogens with zero attached hydrogens (tertiary/aromatic N) is 1. The standard InChI is InChI=1S/C22H21F3N4O2/c1-26-21(28-14-16-4-2-5-17(12-16)22(23,24)25)27-13-15-7-9-18(10-8-15)29-20(30)19-6-3-11-31-19/h2-12H,13-14H2,1H3,(H,29,30)(H2,26,27,28). The van der Waals surface area contributed by atoms with Crippen LogP contribution < -0.4 is 16.0 Å². The highest BCUT2D eigenvalue weighted by molar-refractivity contribution is 6.02. The Hall–Kier alpha value is -3.75. The van der Waals surface area contributed by atoms with E-state index in [-0.39, 0.29) is 18.2 Å². The van der Waals surface area contributed by atoms with Crippen LogP contribution in [-0.2, 0) is 19.3 Å². The Kier molecular flexibility index (Phi) is 6.96. The van der Waals surface area contributed by atoms with Gasteiger partial charge in [-0.2, -0.15) is 13.2 Å². The smallest absolute Gasteiger partial charge is 0.416 e. The van der Waals surface area contributed by atoms with E-state index in [1.165, 1.54) is 12.3 Å². The molecule has 3 N–H and O–H groups in total. The summed E-state index contributed by atoms with van der Waals surface area (Å²) in [7, 11) is 1.58. The van der Waals surface area contributed by atoms with E-state index in [1.807, 2.05) is 12.1 Å². The van der Waals surface area contributed by atoms with E-state index < -0.39 is 11.7 Å². The molecule has 3 aromatic rings. The van der Waals surface area contributed by atoms with Gasteiger partial charge in [-0.1, -0.05) is 24.3 Å². The zero-order valence-electron chi connectivity index (χ0n) is 16.7.